The van der Waals surface area contributed by atoms with Crippen LogP contribution in [0.3, 0.4) is 0 Å². The monoisotopic (exact) mass is 414 g/mol. The molecule has 0 N–H and O–H groups in total. The van der Waals surface area contributed by atoms with Crippen molar-refractivity contribution in [2.45, 2.75) is 0 Å². The van der Waals surface area contributed by atoms with Crippen LogP contribution in [0.4, 0.5) is 0 Å². The van der Waals surface area contributed by atoms with Crippen LogP contribution in [-0.2, 0) is 0 Å². The van der Waals surface area contributed by atoms with Crippen LogP contribution < -0.4 is 0 Å². The minimum absolute atomic E-state index is 0.454. The quantitative estimate of drug-likeness (QED) is 0.403. The maximum Gasteiger partial charge on any atom is 0.175 e. The topological polar surface area (TPSA) is 60.9 Å². The second-order valence-corrected chi connectivity index (χ2v) is 7.11. The Hall–Kier alpha value is -2.67. The summed E-state index contributed by atoms with van der Waals surface area (Å²) < 4.78 is 3.54. The third kappa shape index (κ3) is 2.65. The van der Waals surface area contributed by atoms with Crippen molar-refractivity contribution >= 4 is 51.5 Å². The van der Waals surface area contributed by atoms with Gasteiger partial charge in [-0.1, -0.05) is 34.8 Å². The molecule has 132 valence electrons. The molecule has 0 saturated carbocycles. The Morgan fingerprint density at radius 1 is 0.815 bits per heavy atom. The number of halogens is 3. The molecule has 0 atom stereocenters. The number of benzene rings is 2. The van der Waals surface area contributed by atoms with Gasteiger partial charge in [0.15, 0.2) is 17.1 Å². The second kappa shape index (κ2) is 6.20. The molecule has 0 aliphatic carbocycles. The molecule has 0 aliphatic heterocycles. The van der Waals surface area contributed by atoms with Crippen molar-refractivity contribution in [3.05, 3.63) is 70.1 Å². The predicted molar refractivity (Wildman–Crippen MR) is 106 cm³/mol. The Morgan fingerprint density at radius 3 is 2.41 bits per heavy atom. The molecule has 0 radical (unpaired) electrons. The van der Waals surface area contributed by atoms with E-state index in [4.69, 9.17) is 34.8 Å². The molecule has 0 amide bonds. The summed E-state index contributed by atoms with van der Waals surface area (Å²) in [4.78, 5) is 4.56. The fourth-order valence-corrected chi connectivity index (χ4v) is 3.35. The lowest BCUT2D eigenvalue weighted by Crippen LogP contribution is -1.99. The number of hydrogen-bond donors (Lipinski definition) is 0. The third-order valence-corrected chi connectivity index (χ3v) is 5.22. The SMILES string of the molecule is Clc1ccc(-n2ncc3c2ncn2c(-c4ccc(Cl)c(Cl)c4)nnc32)cc1. The maximum atomic E-state index is 6.13. The van der Waals surface area contributed by atoms with Gasteiger partial charge in [0.1, 0.15) is 6.33 Å². The van der Waals surface area contributed by atoms with Gasteiger partial charge >= 0.3 is 0 Å². The molecular weight excluding hydrogens is 407 g/mol. The highest BCUT2D eigenvalue weighted by molar-refractivity contribution is 6.42. The average molecular weight is 416 g/mol. The highest BCUT2D eigenvalue weighted by Gasteiger charge is 2.16. The van der Waals surface area contributed by atoms with Crippen LogP contribution in [0, 0.1) is 0 Å². The van der Waals surface area contributed by atoms with Gasteiger partial charge in [-0.05, 0) is 42.5 Å². The van der Waals surface area contributed by atoms with Gasteiger partial charge in [0.25, 0.3) is 0 Å². The van der Waals surface area contributed by atoms with Crippen LogP contribution in [0.25, 0.3) is 33.8 Å². The largest absolute Gasteiger partial charge is 0.265 e. The molecule has 3 aromatic heterocycles. The molecule has 27 heavy (non-hydrogen) atoms. The summed E-state index contributed by atoms with van der Waals surface area (Å²) in [7, 11) is 0. The molecule has 0 bridgehead atoms. The minimum Gasteiger partial charge on any atom is -0.265 e. The molecule has 0 aliphatic rings. The van der Waals surface area contributed by atoms with E-state index in [-0.39, 0.29) is 0 Å². The summed E-state index contributed by atoms with van der Waals surface area (Å²) in [5.41, 5.74) is 2.98. The van der Waals surface area contributed by atoms with Gasteiger partial charge in [-0.3, -0.25) is 4.40 Å². The molecule has 0 fully saturated rings. The summed E-state index contributed by atoms with van der Waals surface area (Å²) in [6, 6.07) is 12.7. The number of aromatic nitrogens is 6. The first-order valence-electron chi connectivity index (χ1n) is 7.90. The maximum absolute atomic E-state index is 6.13. The molecule has 0 unspecified atom stereocenters. The van der Waals surface area contributed by atoms with E-state index < -0.39 is 0 Å². The van der Waals surface area contributed by atoms with E-state index in [1.165, 1.54) is 0 Å². The van der Waals surface area contributed by atoms with Crippen LogP contribution in [-0.4, -0.2) is 29.4 Å². The van der Waals surface area contributed by atoms with Crippen LogP contribution in [0.5, 0.6) is 0 Å². The van der Waals surface area contributed by atoms with Crippen LogP contribution in [0.2, 0.25) is 15.1 Å². The van der Waals surface area contributed by atoms with Crippen molar-refractivity contribution in [2.24, 2.45) is 0 Å². The van der Waals surface area contributed by atoms with E-state index in [2.05, 4.69) is 20.3 Å². The lowest BCUT2D eigenvalue weighted by molar-refractivity contribution is 0.893. The van der Waals surface area contributed by atoms with Crippen molar-refractivity contribution in [1.29, 1.82) is 0 Å². The molecule has 3 heterocycles. The molecule has 0 spiro atoms. The molecule has 5 rings (SSSR count). The highest BCUT2D eigenvalue weighted by atomic mass is 35.5. The zero-order valence-electron chi connectivity index (χ0n) is 13.5. The molecule has 0 saturated heterocycles. The number of hydrogen-bond acceptors (Lipinski definition) is 4. The van der Waals surface area contributed by atoms with E-state index >= 15 is 0 Å². The van der Waals surface area contributed by atoms with Gasteiger partial charge in [0.05, 0.1) is 27.3 Å². The van der Waals surface area contributed by atoms with Crippen molar-refractivity contribution in [3.63, 3.8) is 0 Å². The van der Waals surface area contributed by atoms with Crippen molar-refractivity contribution in [1.82, 2.24) is 29.4 Å². The van der Waals surface area contributed by atoms with Gasteiger partial charge in [0.2, 0.25) is 0 Å². The van der Waals surface area contributed by atoms with Crippen molar-refractivity contribution in [2.75, 3.05) is 0 Å². The first-order valence-corrected chi connectivity index (χ1v) is 9.04. The lowest BCUT2D eigenvalue weighted by Gasteiger charge is -2.04. The fraction of sp³-hybridized carbons (Fsp3) is 0. The minimum atomic E-state index is 0.454. The highest BCUT2D eigenvalue weighted by Crippen LogP contribution is 2.29. The van der Waals surface area contributed by atoms with Gasteiger partial charge < -0.3 is 0 Å². The van der Waals surface area contributed by atoms with E-state index in [1.807, 2.05) is 30.3 Å². The smallest absolute Gasteiger partial charge is 0.175 e. The van der Waals surface area contributed by atoms with E-state index in [9.17, 15) is 0 Å². The fourth-order valence-electron chi connectivity index (χ4n) is 2.92. The van der Waals surface area contributed by atoms with Gasteiger partial charge in [-0.25, -0.2) is 9.67 Å². The first kappa shape index (κ1) is 16.5. The summed E-state index contributed by atoms with van der Waals surface area (Å²) in [5, 5.41) is 15.4. The number of rotatable bonds is 2. The number of nitrogens with zero attached hydrogens (tertiary/aromatic N) is 6. The van der Waals surface area contributed by atoms with E-state index in [1.54, 1.807) is 33.7 Å². The van der Waals surface area contributed by atoms with Crippen LogP contribution >= 0.6 is 34.8 Å². The second-order valence-electron chi connectivity index (χ2n) is 5.86. The zero-order valence-corrected chi connectivity index (χ0v) is 15.8. The van der Waals surface area contributed by atoms with Gasteiger partial charge in [-0.2, -0.15) is 5.10 Å². The van der Waals surface area contributed by atoms with Gasteiger partial charge in [-0.15, -0.1) is 10.2 Å². The number of fused-ring (bicyclic) bond motifs is 3. The summed E-state index contributed by atoms with van der Waals surface area (Å²) in [6.45, 7) is 0. The molecule has 6 nitrogen and oxygen atoms in total. The Kier molecular flexibility index (Phi) is 3.79. The van der Waals surface area contributed by atoms with Crippen LogP contribution in [0.15, 0.2) is 55.0 Å². The first-order chi connectivity index (χ1) is 13.1. The summed E-state index contributed by atoms with van der Waals surface area (Å²) in [6.07, 6.45) is 3.39. The zero-order chi connectivity index (χ0) is 18.5. The molecule has 2 aromatic carbocycles. The lowest BCUT2D eigenvalue weighted by atomic mass is 10.2. The Bertz CT molecular complexity index is 1310. The third-order valence-electron chi connectivity index (χ3n) is 4.23. The van der Waals surface area contributed by atoms with Crippen LogP contribution in [0.1, 0.15) is 0 Å². The predicted octanol–water partition coefficient (Wildman–Crippen LogP) is 5.09. The van der Waals surface area contributed by atoms with Crippen molar-refractivity contribution in [3.8, 4) is 17.1 Å². The Labute approximate surface area is 167 Å². The molecule has 5 aromatic rings. The van der Waals surface area contributed by atoms with E-state index in [0.29, 0.717) is 32.2 Å². The normalized spacial score (nSPS) is 11.5. The summed E-state index contributed by atoms with van der Waals surface area (Å²) in [5.74, 6) is 0.622. The Balaban J connectivity index is 1.70. The van der Waals surface area contributed by atoms with E-state index in [0.717, 1.165) is 16.6 Å². The average Bonchev–Trinajstić information content (AvgIpc) is 3.28. The van der Waals surface area contributed by atoms with Gasteiger partial charge in [0, 0.05) is 10.6 Å². The molecule has 9 heteroatoms. The standard InChI is InChI=1S/C18H9Cl3N6/c19-11-2-4-12(5-3-11)27-17-13(8-23-27)18-25-24-16(26(18)9-22-17)10-1-6-14(20)15(21)7-10/h1-9H. The summed E-state index contributed by atoms with van der Waals surface area (Å²) >= 11 is 18.1. The Morgan fingerprint density at radius 2 is 1.63 bits per heavy atom. The van der Waals surface area contributed by atoms with Crippen molar-refractivity contribution < 1.29 is 0 Å². The molecular formula is C18H9Cl3N6.